The van der Waals surface area contributed by atoms with Crippen LogP contribution >= 0.6 is 0 Å². The Bertz CT molecular complexity index is 578. The van der Waals surface area contributed by atoms with E-state index in [1.54, 1.807) is 17.9 Å². The van der Waals surface area contributed by atoms with Gasteiger partial charge in [-0.25, -0.2) is 0 Å². The second-order valence-electron chi connectivity index (χ2n) is 4.94. The number of benzene rings is 1. The summed E-state index contributed by atoms with van der Waals surface area (Å²) in [6.45, 7) is 1.99. The van der Waals surface area contributed by atoms with Crippen molar-refractivity contribution in [2.45, 2.75) is 25.7 Å². The molecule has 0 saturated carbocycles. The maximum atomic E-state index is 12.3. The molecule has 0 spiro atoms. The number of alkyl halides is 3. The Kier molecular flexibility index (Phi) is 5.25. The summed E-state index contributed by atoms with van der Waals surface area (Å²) >= 11 is 0. The van der Waals surface area contributed by atoms with Gasteiger partial charge in [-0.2, -0.15) is 13.2 Å². The molecule has 0 fully saturated rings. The molecule has 0 radical (unpaired) electrons. The number of ether oxygens (including phenoxy) is 1. The van der Waals surface area contributed by atoms with E-state index in [4.69, 9.17) is 4.74 Å². The number of halogens is 3. The van der Waals surface area contributed by atoms with Crippen molar-refractivity contribution in [3.05, 3.63) is 36.0 Å². The van der Waals surface area contributed by atoms with E-state index < -0.39 is 12.6 Å². The van der Waals surface area contributed by atoms with Gasteiger partial charge in [0.1, 0.15) is 0 Å². The molecule has 0 amide bonds. The zero-order valence-corrected chi connectivity index (χ0v) is 11.9. The molecule has 0 bridgehead atoms. The van der Waals surface area contributed by atoms with Crippen LogP contribution in [0.2, 0.25) is 0 Å². The average molecular weight is 300 g/mol. The van der Waals surface area contributed by atoms with Crippen molar-refractivity contribution < 1.29 is 17.9 Å². The zero-order valence-electron chi connectivity index (χ0n) is 11.9. The SMILES string of the molecule is COCCNCc1ccc2ccn(CCC(F)(F)F)c2c1. The number of aryl methyl sites for hydroxylation is 1. The molecule has 0 atom stereocenters. The van der Waals surface area contributed by atoms with Crippen LogP contribution < -0.4 is 5.32 Å². The van der Waals surface area contributed by atoms with E-state index in [-0.39, 0.29) is 6.54 Å². The number of fused-ring (bicyclic) bond motifs is 1. The third kappa shape index (κ3) is 4.75. The fourth-order valence-corrected chi connectivity index (χ4v) is 2.19. The molecule has 3 nitrogen and oxygen atoms in total. The van der Waals surface area contributed by atoms with E-state index in [0.29, 0.717) is 13.2 Å². The first kappa shape index (κ1) is 15.9. The van der Waals surface area contributed by atoms with Gasteiger partial charge in [0.2, 0.25) is 0 Å². The Morgan fingerprint density at radius 2 is 2.05 bits per heavy atom. The first-order valence-electron chi connectivity index (χ1n) is 6.84. The Balaban J connectivity index is 2.06. The number of nitrogens with zero attached hydrogens (tertiary/aromatic N) is 1. The van der Waals surface area contributed by atoms with Gasteiger partial charge in [0, 0.05) is 38.5 Å². The lowest BCUT2D eigenvalue weighted by Crippen LogP contribution is -2.18. The summed E-state index contributed by atoms with van der Waals surface area (Å²) in [5, 5.41) is 4.18. The molecule has 116 valence electrons. The Morgan fingerprint density at radius 3 is 2.76 bits per heavy atom. The highest BCUT2D eigenvalue weighted by Gasteiger charge is 2.26. The topological polar surface area (TPSA) is 26.2 Å². The Morgan fingerprint density at radius 1 is 1.24 bits per heavy atom. The molecule has 6 heteroatoms. The highest BCUT2D eigenvalue weighted by Crippen LogP contribution is 2.23. The smallest absolute Gasteiger partial charge is 0.383 e. The zero-order chi connectivity index (χ0) is 15.3. The van der Waals surface area contributed by atoms with E-state index in [9.17, 15) is 13.2 Å². The van der Waals surface area contributed by atoms with E-state index in [1.165, 1.54) is 0 Å². The second kappa shape index (κ2) is 6.95. The minimum atomic E-state index is -4.13. The van der Waals surface area contributed by atoms with Gasteiger partial charge in [0.25, 0.3) is 0 Å². The summed E-state index contributed by atoms with van der Waals surface area (Å²) < 4.78 is 43.6. The van der Waals surface area contributed by atoms with Crippen LogP contribution in [0.1, 0.15) is 12.0 Å². The largest absolute Gasteiger partial charge is 0.390 e. The van der Waals surface area contributed by atoms with Gasteiger partial charge < -0.3 is 14.6 Å². The van der Waals surface area contributed by atoms with Crippen LogP contribution in [0.25, 0.3) is 10.9 Å². The molecule has 0 unspecified atom stereocenters. The number of hydrogen-bond acceptors (Lipinski definition) is 2. The van der Waals surface area contributed by atoms with Crippen LogP contribution in [0.15, 0.2) is 30.5 Å². The van der Waals surface area contributed by atoms with Gasteiger partial charge in [-0.15, -0.1) is 0 Å². The first-order chi connectivity index (χ1) is 9.99. The number of methoxy groups -OCH3 is 1. The van der Waals surface area contributed by atoms with Crippen LogP contribution in [0.3, 0.4) is 0 Å². The number of aromatic nitrogens is 1. The number of rotatable bonds is 7. The summed E-state index contributed by atoms with van der Waals surface area (Å²) in [5.74, 6) is 0. The predicted molar refractivity (Wildman–Crippen MR) is 76.2 cm³/mol. The molecule has 1 N–H and O–H groups in total. The van der Waals surface area contributed by atoms with Crippen molar-refractivity contribution in [1.82, 2.24) is 9.88 Å². The molecule has 0 aliphatic carbocycles. The molecule has 2 rings (SSSR count). The fraction of sp³-hybridized carbons (Fsp3) is 0.467. The first-order valence-corrected chi connectivity index (χ1v) is 6.84. The Hall–Kier alpha value is -1.53. The summed E-state index contributed by atoms with van der Waals surface area (Å²) in [6.07, 6.45) is -3.23. The lowest BCUT2D eigenvalue weighted by Gasteiger charge is -2.10. The van der Waals surface area contributed by atoms with Crippen molar-refractivity contribution in [3.8, 4) is 0 Å². The third-order valence-corrected chi connectivity index (χ3v) is 3.29. The monoisotopic (exact) mass is 300 g/mol. The van der Waals surface area contributed by atoms with Gasteiger partial charge in [-0.05, 0) is 23.1 Å². The lowest BCUT2D eigenvalue weighted by atomic mass is 10.1. The minimum Gasteiger partial charge on any atom is -0.383 e. The molecular weight excluding hydrogens is 281 g/mol. The molecule has 1 heterocycles. The summed E-state index contributed by atoms with van der Waals surface area (Å²) in [6, 6.07) is 7.70. The van der Waals surface area contributed by atoms with Crippen LogP contribution in [-0.4, -0.2) is 31.0 Å². The molecule has 1 aromatic carbocycles. The molecule has 2 aromatic rings. The molecule has 0 aliphatic rings. The third-order valence-electron chi connectivity index (χ3n) is 3.29. The number of hydrogen-bond donors (Lipinski definition) is 1. The van der Waals surface area contributed by atoms with Gasteiger partial charge >= 0.3 is 6.18 Å². The van der Waals surface area contributed by atoms with E-state index in [2.05, 4.69) is 5.32 Å². The van der Waals surface area contributed by atoms with Crippen LogP contribution in [0.5, 0.6) is 0 Å². The minimum absolute atomic E-state index is 0.0481. The highest BCUT2D eigenvalue weighted by atomic mass is 19.4. The van der Waals surface area contributed by atoms with Gasteiger partial charge in [0.05, 0.1) is 13.0 Å². The molecule has 21 heavy (non-hydrogen) atoms. The summed E-state index contributed by atoms with van der Waals surface area (Å²) in [4.78, 5) is 0. The number of nitrogens with one attached hydrogen (secondary N) is 1. The predicted octanol–water partition coefficient (Wildman–Crippen LogP) is 3.33. The normalized spacial score (nSPS) is 12.2. The fourth-order valence-electron chi connectivity index (χ4n) is 2.19. The van der Waals surface area contributed by atoms with E-state index in [0.717, 1.165) is 23.0 Å². The van der Waals surface area contributed by atoms with Crippen molar-refractivity contribution in [1.29, 1.82) is 0 Å². The highest BCUT2D eigenvalue weighted by molar-refractivity contribution is 5.80. The molecule has 1 aromatic heterocycles. The van der Waals surface area contributed by atoms with Crippen LogP contribution in [0.4, 0.5) is 13.2 Å². The van der Waals surface area contributed by atoms with Crippen LogP contribution in [0, 0.1) is 0 Å². The Labute approximate surface area is 121 Å². The molecule has 0 aliphatic heterocycles. The maximum absolute atomic E-state index is 12.3. The van der Waals surface area contributed by atoms with Gasteiger partial charge in [0.15, 0.2) is 0 Å². The molecule has 0 saturated heterocycles. The van der Waals surface area contributed by atoms with Crippen molar-refractivity contribution in [2.24, 2.45) is 0 Å². The molecular formula is C15H19F3N2O. The average Bonchev–Trinajstić information content (AvgIpc) is 2.83. The van der Waals surface area contributed by atoms with Crippen LogP contribution in [-0.2, 0) is 17.8 Å². The van der Waals surface area contributed by atoms with Gasteiger partial charge in [-0.3, -0.25) is 0 Å². The second-order valence-corrected chi connectivity index (χ2v) is 4.94. The standard InChI is InChI=1S/C15H19F3N2O/c1-21-9-6-19-11-12-2-3-13-4-7-20(14(13)10-12)8-5-15(16,17)18/h2-4,7,10,19H,5-6,8-9,11H2,1H3. The lowest BCUT2D eigenvalue weighted by molar-refractivity contribution is -0.136. The van der Waals surface area contributed by atoms with Crippen molar-refractivity contribution in [3.63, 3.8) is 0 Å². The van der Waals surface area contributed by atoms with Gasteiger partial charge in [-0.1, -0.05) is 12.1 Å². The van der Waals surface area contributed by atoms with E-state index in [1.807, 2.05) is 24.3 Å². The quantitative estimate of drug-likeness (QED) is 0.794. The van der Waals surface area contributed by atoms with E-state index >= 15 is 0 Å². The van der Waals surface area contributed by atoms with Crippen molar-refractivity contribution in [2.75, 3.05) is 20.3 Å². The summed E-state index contributed by atoms with van der Waals surface area (Å²) in [5.41, 5.74) is 1.89. The maximum Gasteiger partial charge on any atom is 0.390 e. The van der Waals surface area contributed by atoms with Crippen molar-refractivity contribution >= 4 is 10.9 Å². The summed E-state index contributed by atoms with van der Waals surface area (Å²) in [7, 11) is 1.64.